The first-order chi connectivity index (χ1) is 4.68. The molecule has 1 atom stereocenters. The normalized spacial score (nSPS) is 12.5. The van der Waals surface area contributed by atoms with Gasteiger partial charge in [-0.15, -0.1) is 0 Å². The minimum atomic E-state index is -0.758. The lowest BCUT2D eigenvalue weighted by Gasteiger charge is -2.02. The minimum Gasteiger partial charge on any atom is -0.320 e. The number of carbonyl (C=O) groups is 2. The van der Waals surface area contributed by atoms with Gasteiger partial charge in [0.2, 0.25) is 0 Å². The Morgan fingerprint density at radius 3 is 2.70 bits per heavy atom. The molecule has 0 aromatic carbocycles. The second-order valence-electron chi connectivity index (χ2n) is 2.07. The first-order valence-electron chi connectivity index (χ1n) is 3.13. The maximum absolute atomic E-state index is 10.2. The molecule has 0 aliphatic carbocycles. The van der Waals surface area contributed by atoms with Crippen LogP contribution >= 0.6 is 0 Å². The predicted octanol–water partition coefficient (Wildman–Crippen LogP) is -0.508. The van der Waals surface area contributed by atoms with E-state index in [2.05, 4.69) is 0 Å². The molecule has 0 aliphatic rings. The van der Waals surface area contributed by atoms with Crippen LogP contribution in [0.1, 0.15) is 19.3 Å². The number of rotatable bonds is 5. The van der Waals surface area contributed by atoms with Gasteiger partial charge in [0.1, 0.15) is 6.29 Å². The van der Waals surface area contributed by atoms with Gasteiger partial charge < -0.3 is 10.5 Å². The largest absolute Gasteiger partial charge is 0.320 e. The summed E-state index contributed by atoms with van der Waals surface area (Å²) < 4.78 is 0. The first-order valence-corrected chi connectivity index (χ1v) is 3.13. The minimum absolute atomic E-state index is 0.418. The highest BCUT2D eigenvalue weighted by Gasteiger charge is 2.07. The van der Waals surface area contributed by atoms with E-state index in [1.807, 2.05) is 0 Å². The van der Waals surface area contributed by atoms with Crippen LogP contribution in [0.5, 0.6) is 0 Å². The van der Waals surface area contributed by atoms with Crippen molar-refractivity contribution in [3.63, 3.8) is 0 Å². The third-order valence-electron chi connectivity index (χ3n) is 1.17. The van der Waals surface area contributed by atoms with E-state index < -0.39 is 11.9 Å². The number of nitrogens with one attached hydrogen (secondary N) is 1. The molecule has 0 saturated carbocycles. The van der Waals surface area contributed by atoms with Gasteiger partial charge in [-0.25, -0.2) is 0 Å². The van der Waals surface area contributed by atoms with Gasteiger partial charge in [0.15, 0.2) is 0 Å². The monoisotopic (exact) mass is 143 g/mol. The SMILES string of the molecule is [NH]C(=O)C(N)CCCC=O. The molecular formula is C6H11N2O2. The molecule has 4 nitrogen and oxygen atoms in total. The maximum atomic E-state index is 10.2. The van der Waals surface area contributed by atoms with Gasteiger partial charge >= 0.3 is 0 Å². The summed E-state index contributed by atoms with van der Waals surface area (Å²) in [6, 6.07) is -0.708. The third-order valence-corrected chi connectivity index (χ3v) is 1.17. The molecule has 1 unspecified atom stereocenters. The van der Waals surface area contributed by atoms with E-state index in [9.17, 15) is 9.59 Å². The van der Waals surface area contributed by atoms with Crippen LogP contribution < -0.4 is 11.5 Å². The maximum Gasteiger partial charge on any atom is 0.255 e. The van der Waals surface area contributed by atoms with Crippen molar-refractivity contribution in [2.45, 2.75) is 25.3 Å². The Hall–Kier alpha value is -0.900. The molecule has 0 fully saturated rings. The van der Waals surface area contributed by atoms with Crippen LogP contribution in [-0.2, 0) is 9.59 Å². The smallest absolute Gasteiger partial charge is 0.255 e. The van der Waals surface area contributed by atoms with Crippen molar-refractivity contribution in [3.8, 4) is 0 Å². The molecule has 10 heavy (non-hydrogen) atoms. The Morgan fingerprint density at radius 2 is 2.30 bits per heavy atom. The van der Waals surface area contributed by atoms with Crippen LogP contribution in [0.3, 0.4) is 0 Å². The Labute approximate surface area is 59.6 Å². The van der Waals surface area contributed by atoms with Gasteiger partial charge in [0.05, 0.1) is 6.04 Å². The summed E-state index contributed by atoms with van der Waals surface area (Å²) in [6.45, 7) is 0. The molecule has 0 aromatic rings. The Bertz CT molecular complexity index is 125. The molecule has 1 amide bonds. The quantitative estimate of drug-likeness (QED) is 0.415. The van der Waals surface area contributed by atoms with Gasteiger partial charge in [-0.3, -0.25) is 10.5 Å². The third kappa shape index (κ3) is 4.03. The zero-order chi connectivity index (χ0) is 7.98. The second kappa shape index (κ2) is 4.93. The highest BCUT2D eigenvalue weighted by Crippen LogP contribution is 1.95. The summed E-state index contributed by atoms with van der Waals surface area (Å²) in [4.78, 5) is 20.0. The van der Waals surface area contributed by atoms with E-state index in [1.54, 1.807) is 0 Å². The van der Waals surface area contributed by atoms with E-state index in [1.165, 1.54) is 0 Å². The Balaban J connectivity index is 3.30. The number of hydrogen-bond donors (Lipinski definition) is 1. The predicted molar refractivity (Wildman–Crippen MR) is 36.0 cm³/mol. The van der Waals surface area contributed by atoms with Gasteiger partial charge in [-0.05, 0) is 12.8 Å². The van der Waals surface area contributed by atoms with Gasteiger partial charge in [0, 0.05) is 6.42 Å². The van der Waals surface area contributed by atoms with Crippen LogP contribution in [0.15, 0.2) is 0 Å². The molecule has 0 saturated heterocycles. The van der Waals surface area contributed by atoms with E-state index in [0.717, 1.165) is 6.29 Å². The molecule has 0 heterocycles. The first kappa shape index (κ1) is 9.10. The van der Waals surface area contributed by atoms with E-state index in [0.29, 0.717) is 19.3 Å². The van der Waals surface area contributed by atoms with Gasteiger partial charge in [-0.2, -0.15) is 0 Å². The summed E-state index contributed by atoms with van der Waals surface area (Å²) in [7, 11) is 0. The summed E-state index contributed by atoms with van der Waals surface area (Å²) in [5, 5.41) is 0. The fourth-order valence-corrected chi connectivity index (χ4v) is 0.552. The van der Waals surface area contributed by atoms with E-state index >= 15 is 0 Å². The number of aldehydes is 1. The van der Waals surface area contributed by atoms with Crippen LogP contribution in [0, 0.1) is 0 Å². The second-order valence-corrected chi connectivity index (χ2v) is 2.07. The lowest BCUT2D eigenvalue weighted by atomic mass is 10.1. The fraction of sp³-hybridized carbons (Fsp3) is 0.667. The highest BCUT2D eigenvalue weighted by atomic mass is 16.1. The Kier molecular flexibility index (Phi) is 4.49. The average molecular weight is 143 g/mol. The van der Waals surface area contributed by atoms with E-state index in [4.69, 9.17) is 11.5 Å². The summed E-state index contributed by atoms with van der Waals surface area (Å²) in [5.41, 5.74) is 11.8. The van der Waals surface area contributed by atoms with Gasteiger partial charge in [0.25, 0.3) is 5.91 Å². The van der Waals surface area contributed by atoms with Crippen molar-refractivity contribution in [1.82, 2.24) is 5.73 Å². The van der Waals surface area contributed by atoms with Crippen LogP contribution in [0.4, 0.5) is 0 Å². The molecule has 0 rings (SSSR count). The summed E-state index contributed by atoms with van der Waals surface area (Å²) in [5.74, 6) is -0.758. The summed E-state index contributed by atoms with van der Waals surface area (Å²) in [6.07, 6.45) is 2.22. The number of carbonyl (C=O) groups excluding carboxylic acids is 2. The standard InChI is InChI=1S/C6H11N2O2/c7-5(6(8)10)3-1-2-4-9/h4-5,8H,1-3,7H2. The number of amides is 1. The molecule has 0 aromatic heterocycles. The Morgan fingerprint density at radius 1 is 1.70 bits per heavy atom. The topological polar surface area (TPSA) is 84.0 Å². The lowest BCUT2D eigenvalue weighted by Crippen LogP contribution is -2.30. The van der Waals surface area contributed by atoms with Crippen molar-refractivity contribution < 1.29 is 9.59 Å². The molecule has 0 aliphatic heterocycles. The number of hydrogen-bond acceptors (Lipinski definition) is 3. The van der Waals surface area contributed by atoms with Crippen molar-refractivity contribution in [3.05, 3.63) is 0 Å². The number of nitrogens with two attached hydrogens (primary N) is 1. The molecule has 57 valence electrons. The van der Waals surface area contributed by atoms with Crippen LogP contribution in [0.2, 0.25) is 0 Å². The van der Waals surface area contributed by atoms with Crippen LogP contribution in [-0.4, -0.2) is 18.2 Å². The molecule has 0 spiro atoms. The number of unbranched alkanes of at least 4 members (excludes halogenated alkanes) is 1. The van der Waals surface area contributed by atoms with Gasteiger partial charge in [-0.1, -0.05) is 0 Å². The highest BCUT2D eigenvalue weighted by molar-refractivity contribution is 5.78. The molecule has 4 heteroatoms. The zero-order valence-electron chi connectivity index (χ0n) is 5.67. The van der Waals surface area contributed by atoms with Crippen LogP contribution in [0.25, 0.3) is 0 Å². The molecular weight excluding hydrogens is 132 g/mol. The van der Waals surface area contributed by atoms with Crippen molar-refractivity contribution in [2.75, 3.05) is 0 Å². The lowest BCUT2D eigenvalue weighted by molar-refractivity contribution is -0.120. The molecule has 3 N–H and O–H groups in total. The molecule has 0 bridgehead atoms. The molecule has 1 radical (unpaired) electrons. The fourth-order valence-electron chi connectivity index (χ4n) is 0.552. The van der Waals surface area contributed by atoms with E-state index in [-0.39, 0.29) is 0 Å². The van der Waals surface area contributed by atoms with Crippen molar-refractivity contribution in [1.29, 1.82) is 0 Å². The van der Waals surface area contributed by atoms with Crippen molar-refractivity contribution in [2.24, 2.45) is 5.73 Å². The van der Waals surface area contributed by atoms with Crippen molar-refractivity contribution >= 4 is 12.2 Å². The summed E-state index contributed by atoms with van der Waals surface area (Å²) >= 11 is 0. The zero-order valence-corrected chi connectivity index (χ0v) is 5.67. The average Bonchev–Trinajstić information content (AvgIpc) is 1.88.